The molecule has 0 rings (SSSR count). The molecule has 0 fully saturated rings. The van der Waals surface area contributed by atoms with Gasteiger partial charge >= 0.3 is 0 Å². The Bertz CT molecular complexity index is 175. The molecule has 0 saturated heterocycles. The molecule has 0 radical (unpaired) electrons. The highest BCUT2D eigenvalue weighted by Gasteiger charge is 2.25. The highest BCUT2D eigenvalue weighted by Crippen LogP contribution is 2.21. The average Bonchev–Trinajstić information content (AvgIpc) is 2.02. The van der Waals surface area contributed by atoms with Crippen molar-refractivity contribution in [3.05, 3.63) is 0 Å². The molecule has 0 heterocycles. The first kappa shape index (κ1) is 13.4. The molecule has 4 N–H and O–H groups in total. The Balaban J connectivity index is 4.16. The van der Waals surface area contributed by atoms with Gasteiger partial charge < -0.3 is 16.2 Å². The van der Waals surface area contributed by atoms with E-state index < -0.39 is 0 Å². The normalized spacial score (nSPS) is 13.8. The number of hydrogen-bond acceptors (Lipinski definition) is 3. The summed E-state index contributed by atoms with van der Waals surface area (Å²) in [4.78, 5) is 11.3. The van der Waals surface area contributed by atoms with Gasteiger partial charge in [0.15, 0.2) is 0 Å². The van der Waals surface area contributed by atoms with Crippen LogP contribution in [-0.4, -0.2) is 30.2 Å². The van der Waals surface area contributed by atoms with Gasteiger partial charge in [0.25, 0.3) is 0 Å². The van der Waals surface area contributed by atoms with E-state index >= 15 is 0 Å². The molecule has 4 nitrogen and oxygen atoms in total. The summed E-state index contributed by atoms with van der Waals surface area (Å²) >= 11 is 0. The lowest BCUT2D eigenvalue weighted by atomic mass is 9.85. The topological polar surface area (TPSA) is 75.3 Å². The number of aliphatic hydroxyl groups is 1. The van der Waals surface area contributed by atoms with Crippen molar-refractivity contribution in [2.75, 3.05) is 13.2 Å². The number of carbonyl (C=O) groups is 1. The lowest BCUT2D eigenvalue weighted by molar-refractivity contribution is -0.122. The standard InChI is InChI=1S/C10H22N2O2/c1-10(2,3)8(5-7-13)12-9(14)4-6-11/h8,13H,4-7,11H2,1-3H3,(H,12,14). The molecule has 0 aromatic heterocycles. The Labute approximate surface area is 85.9 Å². The molecule has 4 heteroatoms. The van der Waals surface area contributed by atoms with Crippen LogP contribution in [0.2, 0.25) is 0 Å². The first-order chi connectivity index (χ1) is 6.41. The van der Waals surface area contributed by atoms with E-state index in [-0.39, 0.29) is 24.0 Å². The number of aliphatic hydroxyl groups excluding tert-OH is 1. The maximum Gasteiger partial charge on any atom is 0.221 e. The molecule has 0 saturated carbocycles. The van der Waals surface area contributed by atoms with Crippen LogP contribution in [0.4, 0.5) is 0 Å². The number of nitrogens with one attached hydrogen (secondary N) is 1. The number of rotatable bonds is 5. The van der Waals surface area contributed by atoms with Gasteiger partial charge in [-0.25, -0.2) is 0 Å². The van der Waals surface area contributed by atoms with E-state index in [0.29, 0.717) is 19.4 Å². The molecule has 0 aromatic carbocycles. The monoisotopic (exact) mass is 202 g/mol. The molecule has 0 aliphatic rings. The summed E-state index contributed by atoms with van der Waals surface area (Å²) in [5.41, 5.74) is 5.24. The molecule has 1 unspecified atom stereocenters. The third-order valence-corrected chi connectivity index (χ3v) is 2.17. The van der Waals surface area contributed by atoms with Crippen molar-refractivity contribution in [3.8, 4) is 0 Å². The highest BCUT2D eigenvalue weighted by atomic mass is 16.3. The van der Waals surface area contributed by atoms with Crippen LogP contribution in [-0.2, 0) is 4.79 Å². The van der Waals surface area contributed by atoms with E-state index in [4.69, 9.17) is 10.8 Å². The summed E-state index contributed by atoms with van der Waals surface area (Å²) in [7, 11) is 0. The largest absolute Gasteiger partial charge is 0.396 e. The van der Waals surface area contributed by atoms with Crippen molar-refractivity contribution >= 4 is 5.91 Å². The first-order valence-corrected chi connectivity index (χ1v) is 5.02. The molecule has 0 aliphatic heterocycles. The summed E-state index contributed by atoms with van der Waals surface area (Å²) in [5.74, 6) is -0.0409. The Morgan fingerprint density at radius 3 is 2.43 bits per heavy atom. The van der Waals surface area contributed by atoms with E-state index in [0.717, 1.165) is 0 Å². The van der Waals surface area contributed by atoms with E-state index in [2.05, 4.69) is 5.32 Å². The number of hydrogen-bond donors (Lipinski definition) is 3. The van der Waals surface area contributed by atoms with Crippen LogP contribution < -0.4 is 11.1 Å². The average molecular weight is 202 g/mol. The van der Waals surface area contributed by atoms with Crippen LogP contribution in [0.25, 0.3) is 0 Å². The SMILES string of the molecule is CC(C)(C)C(CCO)NC(=O)CCN. The quantitative estimate of drug-likeness (QED) is 0.598. The molecule has 84 valence electrons. The van der Waals surface area contributed by atoms with Crippen LogP contribution in [0.1, 0.15) is 33.6 Å². The molecule has 0 aliphatic carbocycles. The van der Waals surface area contributed by atoms with E-state index in [1.54, 1.807) is 0 Å². The van der Waals surface area contributed by atoms with Gasteiger partial charge in [-0.15, -0.1) is 0 Å². The Hall–Kier alpha value is -0.610. The van der Waals surface area contributed by atoms with Gasteiger partial charge in [0.05, 0.1) is 0 Å². The summed E-state index contributed by atoms with van der Waals surface area (Å²) in [6.45, 7) is 6.56. The van der Waals surface area contributed by atoms with Crippen LogP contribution in [0.5, 0.6) is 0 Å². The number of carbonyl (C=O) groups excluding carboxylic acids is 1. The lowest BCUT2D eigenvalue weighted by Crippen LogP contribution is -2.44. The second-order valence-corrected chi connectivity index (χ2v) is 4.54. The highest BCUT2D eigenvalue weighted by molar-refractivity contribution is 5.76. The maximum absolute atomic E-state index is 11.3. The Kier molecular flexibility index (Phi) is 5.72. The van der Waals surface area contributed by atoms with Crippen molar-refractivity contribution in [1.82, 2.24) is 5.32 Å². The molecular formula is C10H22N2O2. The summed E-state index contributed by atoms with van der Waals surface area (Å²) in [6.07, 6.45) is 0.928. The molecule has 0 bridgehead atoms. The lowest BCUT2D eigenvalue weighted by Gasteiger charge is -2.31. The Morgan fingerprint density at radius 2 is 2.07 bits per heavy atom. The predicted octanol–water partition coefficient (Wildman–Crippen LogP) is 0.249. The van der Waals surface area contributed by atoms with Crippen molar-refractivity contribution in [1.29, 1.82) is 0 Å². The summed E-state index contributed by atoms with van der Waals surface area (Å²) in [5, 5.41) is 11.7. The van der Waals surface area contributed by atoms with Crippen LogP contribution in [0.15, 0.2) is 0 Å². The van der Waals surface area contributed by atoms with Gasteiger partial charge in [0.2, 0.25) is 5.91 Å². The third-order valence-electron chi connectivity index (χ3n) is 2.17. The number of nitrogens with two attached hydrogens (primary N) is 1. The zero-order chi connectivity index (χ0) is 11.2. The fourth-order valence-corrected chi connectivity index (χ4v) is 1.25. The number of amides is 1. The minimum Gasteiger partial charge on any atom is -0.396 e. The van der Waals surface area contributed by atoms with Crippen LogP contribution >= 0.6 is 0 Å². The fourth-order valence-electron chi connectivity index (χ4n) is 1.25. The van der Waals surface area contributed by atoms with Crippen LogP contribution in [0, 0.1) is 5.41 Å². The van der Waals surface area contributed by atoms with Gasteiger partial charge in [-0.1, -0.05) is 20.8 Å². The third kappa shape index (κ3) is 5.19. The fraction of sp³-hybridized carbons (Fsp3) is 0.900. The van der Waals surface area contributed by atoms with Crippen molar-refractivity contribution < 1.29 is 9.90 Å². The molecule has 0 aromatic rings. The van der Waals surface area contributed by atoms with E-state index in [1.165, 1.54) is 0 Å². The Morgan fingerprint density at radius 1 is 1.50 bits per heavy atom. The maximum atomic E-state index is 11.3. The summed E-state index contributed by atoms with van der Waals surface area (Å²) < 4.78 is 0. The van der Waals surface area contributed by atoms with Gasteiger partial charge in [-0.05, 0) is 11.8 Å². The molecule has 1 atom stereocenters. The zero-order valence-electron chi connectivity index (χ0n) is 9.34. The van der Waals surface area contributed by atoms with Gasteiger partial charge in [0, 0.05) is 25.6 Å². The van der Waals surface area contributed by atoms with Gasteiger partial charge in [0.1, 0.15) is 0 Å². The molecule has 14 heavy (non-hydrogen) atoms. The molecule has 1 amide bonds. The van der Waals surface area contributed by atoms with Crippen molar-refractivity contribution in [2.45, 2.75) is 39.7 Å². The van der Waals surface area contributed by atoms with Crippen LogP contribution in [0.3, 0.4) is 0 Å². The van der Waals surface area contributed by atoms with Gasteiger partial charge in [-0.2, -0.15) is 0 Å². The zero-order valence-corrected chi connectivity index (χ0v) is 9.34. The minimum absolute atomic E-state index is 0.00606. The van der Waals surface area contributed by atoms with E-state index in [9.17, 15) is 4.79 Å². The van der Waals surface area contributed by atoms with Gasteiger partial charge in [-0.3, -0.25) is 4.79 Å². The second-order valence-electron chi connectivity index (χ2n) is 4.54. The predicted molar refractivity (Wildman–Crippen MR) is 56.8 cm³/mol. The van der Waals surface area contributed by atoms with Crippen molar-refractivity contribution in [2.24, 2.45) is 11.1 Å². The van der Waals surface area contributed by atoms with E-state index in [1.807, 2.05) is 20.8 Å². The first-order valence-electron chi connectivity index (χ1n) is 5.02. The minimum atomic E-state index is -0.0409. The van der Waals surface area contributed by atoms with Crippen molar-refractivity contribution in [3.63, 3.8) is 0 Å². The summed E-state index contributed by atoms with van der Waals surface area (Å²) in [6, 6.07) is 0.00606. The second kappa shape index (κ2) is 5.98. The smallest absolute Gasteiger partial charge is 0.221 e. The molecular weight excluding hydrogens is 180 g/mol. The molecule has 0 spiro atoms.